The van der Waals surface area contributed by atoms with E-state index in [4.69, 9.17) is 16.0 Å². The molecule has 1 aliphatic carbocycles. The molecule has 1 aromatic carbocycles. The van der Waals surface area contributed by atoms with Gasteiger partial charge in [-0.2, -0.15) is 0 Å². The Morgan fingerprint density at radius 3 is 2.67 bits per heavy atom. The normalized spacial score (nSPS) is 20.4. The van der Waals surface area contributed by atoms with Crippen molar-refractivity contribution in [3.8, 4) is 0 Å². The van der Waals surface area contributed by atoms with Crippen LogP contribution < -0.4 is 10.6 Å². The predicted molar refractivity (Wildman–Crippen MR) is 126 cm³/mol. The lowest BCUT2D eigenvalue weighted by Gasteiger charge is -2.36. The zero-order chi connectivity index (χ0) is 22.9. The molecule has 2 atom stereocenters. The molecule has 2 aliphatic rings. The number of nitrogens with one attached hydrogen (secondary N) is 2. The minimum absolute atomic E-state index is 0.0225. The van der Waals surface area contributed by atoms with Crippen LogP contribution in [0.15, 0.2) is 94.0 Å². The van der Waals surface area contributed by atoms with Crippen molar-refractivity contribution in [2.24, 2.45) is 0 Å². The standard InChI is InChI=1S/C26H22ClN3O3/c1-15-23(26(32)30-22-10-4-5-11-28-22)24(17-7-2-3-8-18(17)27)25-19(29-15)13-16(14-20(25)31)21-9-6-12-33-21/h2-12,16,24,29H,13-14H2,1H3,(H,28,30,32)/t16-,24-/m0/s1. The lowest BCUT2D eigenvalue weighted by molar-refractivity contribution is -0.116. The van der Waals surface area contributed by atoms with Crippen molar-refractivity contribution in [2.45, 2.75) is 31.6 Å². The van der Waals surface area contributed by atoms with Gasteiger partial charge < -0.3 is 15.1 Å². The van der Waals surface area contributed by atoms with Crippen LogP contribution in [0.4, 0.5) is 5.82 Å². The Bertz CT molecular complexity index is 1280. The molecule has 6 nitrogen and oxygen atoms in total. The van der Waals surface area contributed by atoms with Crippen molar-refractivity contribution >= 4 is 29.1 Å². The Morgan fingerprint density at radius 1 is 1.12 bits per heavy atom. The van der Waals surface area contributed by atoms with Gasteiger partial charge in [0.05, 0.1) is 6.26 Å². The van der Waals surface area contributed by atoms with Crippen molar-refractivity contribution in [2.75, 3.05) is 5.32 Å². The van der Waals surface area contributed by atoms with Crippen LogP contribution in [0.1, 0.15) is 42.9 Å². The summed E-state index contributed by atoms with van der Waals surface area (Å²) in [5.41, 5.74) is 3.26. The van der Waals surface area contributed by atoms with E-state index in [9.17, 15) is 9.59 Å². The molecule has 0 spiro atoms. The summed E-state index contributed by atoms with van der Waals surface area (Å²) in [6.45, 7) is 1.85. The van der Waals surface area contributed by atoms with E-state index in [0.29, 0.717) is 40.5 Å². The van der Waals surface area contributed by atoms with Gasteiger partial charge in [0.15, 0.2) is 5.78 Å². The Labute approximate surface area is 196 Å². The number of furan rings is 1. The van der Waals surface area contributed by atoms with Gasteiger partial charge in [-0.05, 0) is 49.2 Å². The third-order valence-electron chi connectivity index (χ3n) is 6.14. The summed E-state index contributed by atoms with van der Waals surface area (Å²) in [5, 5.41) is 6.72. The van der Waals surface area contributed by atoms with Crippen LogP contribution in [0, 0.1) is 0 Å². The van der Waals surface area contributed by atoms with Gasteiger partial charge in [0.25, 0.3) is 5.91 Å². The number of rotatable bonds is 4. The SMILES string of the molecule is CC1=C(C(=O)Nc2ccccn2)[C@H](c2ccccc2Cl)C2=C(C[C@H](c3ccco3)CC2=O)N1. The first-order valence-electron chi connectivity index (χ1n) is 10.8. The first-order chi connectivity index (χ1) is 16.0. The summed E-state index contributed by atoms with van der Waals surface area (Å²) in [7, 11) is 0. The maximum Gasteiger partial charge on any atom is 0.255 e. The second-order valence-corrected chi connectivity index (χ2v) is 8.63. The molecule has 1 amide bonds. The number of allylic oxidation sites excluding steroid dienone is 3. The quantitative estimate of drug-likeness (QED) is 0.551. The molecular formula is C26H22ClN3O3. The van der Waals surface area contributed by atoms with Crippen LogP contribution in [0.2, 0.25) is 5.02 Å². The largest absolute Gasteiger partial charge is 0.469 e. The molecule has 0 saturated carbocycles. The average molecular weight is 460 g/mol. The number of dihydropyridines is 1. The second-order valence-electron chi connectivity index (χ2n) is 8.22. The molecule has 3 heterocycles. The van der Waals surface area contributed by atoms with Crippen molar-refractivity contribution in [3.63, 3.8) is 0 Å². The topological polar surface area (TPSA) is 84.2 Å². The number of nitrogens with zero attached hydrogens (tertiary/aromatic N) is 1. The molecule has 33 heavy (non-hydrogen) atoms. The highest BCUT2D eigenvalue weighted by atomic mass is 35.5. The van der Waals surface area contributed by atoms with Gasteiger partial charge in [0.2, 0.25) is 0 Å². The number of aromatic nitrogens is 1. The highest BCUT2D eigenvalue weighted by molar-refractivity contribution is 6.31. The Balaban J connectivity index is 1.59. The molecule has 2 aromatic heterocycles. The molecule has 5 rings (SSSR count). The molecular weight excluding hydrogens is 438 g/mol. The average Bonchev–Trinajstić information content (AvgIpc) is 3.34. The Hall–Kier alpha value is -3.64. The molecule has 0 radical (unpaired) electrons. The number of carbonyl (C=O) groups is 2. The number of carbonyl (C=O) groups excluding carboxylic acids is 2. The summed E-state index contributed by atoms with van der Waals surface area (Å²) in [5.74, 6) is 0.243. The highest BCUT2D eigenvalue weighted by Gasteiger charge is 2.42. The first kappa shape index (κ1) is 21.2. The third kappa shape index (κ3) is 3.98. The smallest absolute Gasteiger partial charge is 0.255 e. The van der Waals surface area contributed by atoms with Crippen molar-refractivity contribution in [1.29, 1.82) is 0 Å². The summed E-state index contributed by atoms with van der Waals surface area (Å²) >= 11 is 6.59. The molecule has 0 fully saturated rings. The van der Waals surface area contributed by atoms with Crippen molar-refractivity contribution in [3.05, 3.63) is 106 Å². The molecule has 166 valence electrons. The van der Waals surface area contributed by atoms with Crippen LogP contribution in [0.5, 0.6) is 0 Å². The third-order valence-corrected chi connectivity index (χ3v) is 6.48. The highest BCUT2D eigenvalue weighted by Crippen LogP contribution is 2.47. The lowest BCUT2D eigenvalue weighted by atomic mass is 9.72. The van der Waals surface area contributed by atoms with Crippen LogP contribution in [0.3, 0.4) is 0 Å². The van der Waals surface area contributed by atoms with Gasteiger partial charge in [0, 0.05) is 52.0 Å². The summed E-state index contributed by atoms with van der Waals surface area (Å²) in [6, 6.07) is 16.4. The van der Waals surface area contributed by atoms with E-state index < -0.39 is 5.92 Å². The zero-order valence-corrected chi connectivity index (χ0v) is 18.7. The number of hydrogen-bond donors (Lipinski definition) is 2. The number of Topliss-reactive ketones (excluding diaryl/α,β-unsaturated/α-hetero) is 1. The number of anilines is 1. The van der Waals surface area contributed by atoms with E-state index in [1.165, 1.54) is 0 Å². The molecule has 0 bridgehead atoms. The molecule has 0 unspecified atom stereocenters. The zero-order valence-electron chi connectivity index (χ0n) is 18.0. The fourth-order valence-corrected chi connectivity index (χ4v) is 4.95. The fourth-order valence-electron chi connectivity index (χ4n) is 4.71. The van der Waals surface area contributed by atoms with Crippen LogP contribution in [-0.2, 0) is 9.59 Å². The summed E-state index contributed by atoms with van der Waals surface area (Å²) in [4.78, 5) is 31.2. The van der Waals surface area contributed by atoms with Gasteiger partial charge >= 0.3 is 0 Å². The van der Waals surface area contributed by atoms with E-state index in [1.807, 2.05) is 37.3 Å². The Morgan fingerprint density at radius 2 is 1.94 bits per heavy atom. The number of hydrogen-bond acceptors (Lipinski definition) is 5. The summed E-state index contributed by atoms with van der Waals surface area (Å²) in [6.07, 6.45) is 4.16. The fraction of sp³-hybridized carbons (Fsp3) is 0.192. The maximum absolute atomic E-state index is 13.5. The minimum Gasteiger partial charge on any atom is -0.469 e. The monoisotopic (exact) mass is 459 g/mol. The Kier molecular flexibility index (Phi) is 5.60. The minimum atomic E-state index is -0.580. The molecule has 2 N–H and O–H groups in total. The van der Waals surface area contributed by atoms with Gasteiger partial charge in [-0.1, -0.05) is 35.9 Å². The number of ketones is 1. The molecule has 1 aliphatic heterocycles. The van der Waals surface area contributed by atoms with Gasteiger partial charge in [-0.15, -0.1) is 0 Å². The van der Waals surface area contributed by atoms with Crippen molar-refractivity contribution < 1.29 is 14.0 Å². The van der Waals surface area contributed by atoms with Gasteiger partial charge in [-0.3, -0.25) is 9.59 Å². The molecule has 7 heteroatoms. The van der Waals surface area contributed by atoms with E-state index >= 15 is 0 Å². The van der Waals surface area contributed by atoms with Gasteiger partial charge in [0.1, 0.15) is 11.6 Å². The second kappa shape index (κ2) is 8.71. The number of amides is 1. The summed E-state index contributed by atoms with van der Waals surface area (Å²) < 4.78 is 5.58. The van der Waals surface area contributed by atoms with E-state index in [0.717, 1.165) is 17.0 Å². The first-order valence-corrected chi connectivity index (χ1v) is 11.1. The van der Waals surface area contributed by atoms with Crippen molar-refractivity contribution in [1.82, 2.24) is 10.3 Å². The van der Waals surface area contributed by atoms with Crippen LogP contribution >= 0.6 is 11.6 Å². The number of pyridine rings is 1. The maximum atomic E-state index is 13.5. The van der Waals surface area contributed by atoms with E-state index in [1.54, 1.807) is 36.7 Å². The van der Waals surface area contributed by atoms with E-state index in [2.05, 4.69) is 15.6 Å². The van der Waals surface area contributed by atoms with Gasteiger partial charge in [-0.25, -0.2) is 4.98 Å². The number of benzene rings is 1. The molecule has 3 aromatic rings. The molecule has 0 saturated heterocycles. The number of halogens is 1. The van der Waals surface area contributed by atoms with Crippen LogP contribution in [-0.4, -0.2) is 16.7 Å². The predicted octanol–water partition coefficient (Wildman–Crippen LogP) is 5.33. The van der Waals surface area contributed by atoms with E-state index in [-0.39, 0.29) is 17.6 Å². The van der Waals surface area contributed by atoms with Crippen LogP contribution in [0.25, 0.3) is 0 Å². The lowest BCUT2D eigenvalue weighted by Crippen LogP contribution is -2.37.